The number of nitrogens with one attached hydrogen (secondary N) is 6. The molecule has 0 aliphatic carbocycles. The number of hydrogen-bond acceptors (Lipinski definition) is 3. The molecule has 34 heavy (non-hydrogen) atoms. The van der Waals surface area contributed by atoms with Crippen molar-refractivity contribution >= 4 is 39.6 Å². The van der Waals surface area contributed by atoms with E-state index < -0.39 is 12.2 Å². The highest BCUT2D eigenvalue weighted by atomic mass is 16.2. The number of guanidine groups is 1. The highest BCUT2D eigenvalue weighted by Gasteiger charge is 2.25. The third-order valence-corrected chi connectivity index (χ3v) is 5.83. The summed E-state index contributed by atoms with van der Waals surface area (Å²) in [5.41, 5.74) is 9.15. The van der Waals surface area contributed by atoms with Gasteiger partial charge in [0.05, 0.1) is 6.42 Å². The first kappa shape index (κ1) is 22.9. The van der Waals surface area contributed by atoms with E-state index in [2.05, 4.69) is 25.9 Å². The maximum atomic E-state index is 13.2. The zero-order valence-electron chi connectivity index (χ0n) is 18.9. The molecule has 2 unspecified atom stereocenters. The first-order valence-corrected chi connectivity index (χ1v) is 11.2. The lowest BCUT2D eigenvalue weighted by Crippen LogP contribution is -2.56. The topological polar surface area (TPSA) is 152 Å². The van der Waals surface area contributed by atoms with Crippen LogP contribution < -0.4 is 21.7 Å². The fourth-order valence-electron chi connectivity index (χ4n) is 4.13. The van der Waals surface area contributed by atoms with Gasteiger partial charge >= 0.3 is 0 Å². The summed E-state index contributed by atoms with van der Waals surface area (Å²) in [4.78, 5) is 32.6. The van der Waals surface area contributed by atoms with E-state index in [1.807, 2.05) is 67.8 Å². The molecule has 4 aromatic rings. The van der Waals surface area contributed by atoms with Gasteiger partial charge in [-0.1, -0.05) is 43.3 Å². The van der Waals surface area contributed by atoms with Crippen LogP contribution >= 0.6 is 0 Å². The fourth-order valence-corrected chi connectivity index (χ4v) is 4.13. The summed E-state index contributed by atoms with van der Waals surface area (Å²) in [7, 11) is 0. The highest BCUT2D eigenvalue weighted by molar-refractivity contribution is 5.93. The van der Waals surface area contributed by atoms with E-state index in [4.69, 9.17) is 11.1 Å². The maximum Gasteiger partial charge on any atom is 0.244 e. The van der Waals surface area contributed by atoms with Crippen molar-refractivity contribution < 1.29 is 9.59 Å². The van der Waals surface area contributed by atoms with Crippen LogP contribution in [0.4, 0.5) is 0 Å². The predicted octanol–water partition coefficient (Wildman–Crippen LogP) is 2.25. The molecule has 0 spiro atoms. The normalized spacial score (nSPS) is 12.9. The number of fused-ring (bicyclic) bond motifs is 2. The van der Waals surface area contributed by atoms with E-state index in [1.165, 1.54) is 0 Å². The summed E-state index contributed by atoms with van der Waals surface area (Å²) in [5, 5.41) is 17.9. The van der Waals surface area contributed by atoms with Crippen LogP contribution in [0.15, 0.2) is 60.9 Å². The summed E-state index contributed by atoms with van der Waals surface area (Å²) < 4.78 is 0. The number of carbonyl (C=O) groups excluding carboxylic acids is 2. The van der Waals surface area contributed by atoms with E-state index >= 15 is 0 Å². The Morgan fingerprint density at radius 1 is 0.912 bits per heavy atom. The van der Waals surface area contributed by atoms with Crippen molar-refractivity contribution in [3.63, 3.8) is 0 Å². The number of aromatic amines is 2. The lowest BCUT2D eigenvalue weighted by atomic mass is 10.0. The molecule has 2 amide bonds. The zero-order valence-corrected chi connectivity index (χ0v) is 18.9. The van der Waals surface area contributed by atoms with E-state index in [9.17, 15) is 9.59 Å². The van der Waals surface area contributed by atoms with Gasteiger partial charge in [0.15, 0.2) is 5.96 Å². The number of nitrogens with two attached hydrogens (primary N) is 1. The van der Waals surface area contributed by atoms with Gasteiger partial charge in [-0.3, -0.25) is 15.0 Å². The molecular weight excluding hydrogens is 430 g/mol. The van der Waals surface area contributed by atoms with Gasteiger partial charge in [-0.15, -0.1) is 0 Å². The van der Waals surface area contributed by atoms with Crippen LogP contribution in [0, 0.1) is 5.41 Å². The molecule has 2 aromatic carbocycles. The van der Waals surface area contributed by atoms with Gasteiger partial charge < -0.3 is 31.7 Å². The second-order valence-corrected chi connectivity index (χ2v) is 8.25. The van der Waals surface area contributed by atoms with Gasteiger partial charge in [0, 0.05) is 40.6 Å². The second-order valence-electron chi connectivity index (χ2n) is 8.25. The van der Waals surface area contributed by atoms with Crippen LogP contribution in [0.2, 0.25) is 0 Å². The number of hydrogen-bond donors (Lipinski definition) is 7. The molecule has 0 radical (unpaired) electrons. The van der Waals surface area contributed by atoms with E-state index in [-0.39, 0.29) is 24.2 Å². The van der Waals surface area contributed by atoms with Crippen molar-refractivity contribution in [2.45, 2.75) is 38.4 Å². The minimum atomic E-state index is -0.806. The Balaban J connectivity index is 1.54. The number of H-pyrrole nitrogens is 2. The first-order valence-electron chi connectivity index (χ1n) is 11.2. The fraction of sp³-hybridized carbons (Fsp3) is 0.240. The molecule has 2 aromatic heterocycles. The second kappa shape index (κ2) is 10.1. The third-order valence-electron chi connectivity index (χ3n) is 5.83. The maximum absolute atomic E-state index is 13.2. The van der Waals surface area contributed by atoms with Crippen LogP contribution in [0.25, 0.3) is 21.8 Å². The largest absolute Gasteiger partial charge is 0.370 e. The first-order chi connectivity index (χ1) is 16.4. The number of rotatable bonds is 9. The van der Waals surface area contributed by atoms with Crippen molar-refractivity contribution in [3.8, 4) is 0 Å². The molecule has 0 aliphatic rings. The Morgan fingerprint density at radius 3 is 2.12 bits per heavy atom. The molecule has 4 rings (SSSR count). The van der Waals surface area contributed by atoms with Gasteiger partial charge in [0.2, 0.25) is 11.8 Å². The van der Waals surface area contributed by atoms with Gasteiger partial charge in [-0.05, 0) is 29.7 Å². The van der Waals surface area contributed by atoms with Crippen molar-refractivity contribution in [2.75, 3.05) is 0 Å². The van der Waals surface area contributed by atoms with Crippen molar-refractivity contribution in [1.29, 1.82) is 5.41 Å². The van der Waals surface area contributed by atoms with Crippen molar-refractivity contribution in [1.82, 2.24) is 25.9 Å². The van der Waals surface area contributed by atoms with Crippen molar-refractivity contribution in [3.05, 3.63) is 72.1 Å². The summed E-state index contributed by atoms with van der Waals surface area (Å²) in [6.45, 7) is 1.87. The molecule has 176 valence electrons. The summed E-state index contributed by atoms with van der Waals surface area (Å²) in [6, 6.07) is 14.8. The van der Waals surface area contributed by atoms with E-state index in [0.29, 0.717) is 12.8 Å². The predicted molar refractivity (Wildman–Crippen MR) is 133 cm³/mol. The molecule has 2 atom stereocenters. The van der Waals surface area contributed by atoms with Crippen molar-refractivity contribution in [2.24, 2.45) is 5.73 Å². The Morgan fingerprint density at radius 2 is 1.50 bits per heavy atom. The van der Waals surface area contributed by atoms with Crippen LogP contribution in [0.1, 0.15) is 24.5 Å². The Hall–Kier alpha value is -4.27. The Bertz CT molecular complexity index is 1320. The standard InChI is InChI=1S/C25H29N7O2/c1-2-22(32-25(26)27)31-24(34)21(11-15-13-28-19-9-5-3-7-17(15)19)30-23(33)12-16-14-29-20-10-6-4-8-18(16)20/h3-10,13-14,21-22,28-29H,2,11-12H2,1H3,(H,30,33)(H,31,34)(H4,26,27,32). The average molecular weight is 460 g/mol. The minimum Gasteiger partial charge on any atom is -0.370 e. The summed E-state index contributed by atoms with van der Waals surface area (Å²) >= 11 is 0. The van der Waals surface area contributed by atoms with Crippen LogP contribution in [-0.2, 0) is 22.4 Å². The quantitative estimate of drug-likeness (QED) is 0.117. The lowest BCUT2D eigenvalue weighted by molar-refractivity contribution is -0.129. The molecule has 9 nitrogen and oxygen atoms in total. The number of amides is 2. The number of benzene rings is 2. The minimum absolute atomic E-state index is 0.143. The molecule has 2 heterocycles. The van der Waals surface area contributed by atoms with E-state index in [0.717, 1.165) is 32.9 Å². The van der Waals surface area contributed by atoms with Gasteiger partial charge in [-0.25, -0.2) is 0 Å². The SMILES string of the molecule is CCC(NC(=N)N)NC(=O)C(Cc1c[nH]c2ccccc12)NC(=O)Cc1c[nH]c2ccccc12. The molecular formula is C25H29N7O2. The number of para-hydroxylation sites is 2. The third kappa shape index (κ3) is 5.20. The summed E-state index contributed by atoms with van der Waals surface area (Å²) in [6.07, 6.45) is 4.15. The molecule has 9 heteroatoms. The smallest absolute Gasteiger partial charge is 0.244 e. The van der Waals surface area contributed by atoms with Crippen LogP contribution in [0.3, 0.4) is 0 Å². The monoisotopic (exact) mass is 459 g/mol. The summed E-state index contributed by atoms with van der Waals surface area (Å²) in [5.74, 6) is -0.834. The van der Waals surface area contributed by atoms with Crippen LogP contribution in [-0.4, -0.2) is 39.9 Å². The Kier molecular flexibility index (Phi) is 6.82. The number of carbonyl (C=O) groups is 2. The lowest BCUT2D eigenvalue weighted by Gasteiger charge is -2.23. The number of aromatic nitrogens is 2. The molecule has 0 aliphatic heterocycles. The zero-order chi connectivity index (χ0) is 24.1. The van der Waals surface area contributed by atoms with Crippen LogP contribution in [0.5, 0.6) is 0 Å². The molecule has 0 bridgehead atoms. The molecule has 0 saturated heterocycles. The van der Waals surface area contributed by atoms with Gasteiger partial charge in [0.25, 0.3) is 0 Å². The molecule has 8 N–H and O–H groups in total. The van der Waals surface area contributed by atoms with E-state index in [1.54, 1.807) is 0 Å². The van der Waals surface area contributed by atoms with Gasteiger partial charge in [-0.2, -0.15) is 0 Å². The highest BCUT2D eigenvalue weighted by Crippen LogP contribution is 2.20. The molecule has 0 fully saturated rings. The Labute approximate surface area is 197 Å². The molecule has 0 saturated carbocycles. The average Bonchev–Trinajstić information content (AvgIpc) is 3.42. The van der Waals surface area contributed by atoms with Gasteiger partial charge in [0.1, 0.15) is 12.2 Å².